The van der Waals surface area contributed by atoms with Crippen molar-refractivity contribution in [2.45, 2.75) is 13.0 Å². The van der Waals surface area contributed by atoms with Crippen LogP contribution in [0.5, 0.6) is 0 Å². The van der Waals surface area contributed by atoms with E-state index in [4.69, 9.17) is 22.4 Å². The van der Waals surface area contributed by atoms with Crippen molar-refractivity contribution in [1.82, 2.24) is 4.98 Å². The molecule has 1 heterocycles. The van der Waals surface area contributed by atoms with Gasteiger partial charge in [-0.2, -0.15) is 0 Å². The fraction of sp³-hybridized carbons (Fsp3) is 0.222. The van der Waals surface area contributed by atoms with E-state index in [-0.39, 0.29) is 22.1 Å². The van der Waals surface area contributed by atoms with Gasteiger partial charge in [-0.15, -0.1) is 0 Å². The highest BCUT2D eigenvalue weighted by atomic mass is 35.5. The number of carbonyl (C=O) groups is 2. The number of carbonyl (C=O) groups excluding carboxylic acids is 1. The van der Waals surface area contributed by atoms with Crippen molar-refractivity contribution < 1.29 is 14.7 Å². The second-order valence-electron chi connectivity index (χ2n) is 2.98. The summed E-state index contributed by atoms with van der Waals surface area (Å²) in [5.74, 6) is -1.47. The molecule has 15 heavy (non-hydrogen) atoms. The number of ketones is 1. The van der Waals surface area contributed by atoms with Crippen LogP contribution in [0.3, 0.4) is 0 Å². The molecular weight excluding hydrogens is 220 g/mol. The number of aromatic nitrogens is 1. The van der Waals surface area contributed by atoms with Crippen LogP contribution in [0.4, 0.5) is 0 Å². The molecule has 1 aromatic rings. The molecule has 0 aromatic carbocycles. The van der Waals surface area contributed by atoms with Crippen molar-refractivity contribution in [3.05, 3.63) is 28.5 Å². The van der Waals surface area contributed by atoms with Crippen LogP contribution in [-0.4, -0.2) is 21.8 Å². The van der Waals surface area contributed by atoms with Crippen molar-refractivity contribution in [1.29, 1.82) is 0 Å². The van der Waals surface area contributed by atoms with E-state index in [1.54, 1.807) is 0 Å². The van der Waals surface area contributed by atoms with Gasteiger partial charge in [0, 0.05) is 6.20 Å². The van der Waals surface area contributed by atoms with Crippen LogP contribution in [0.1, 0.15) is 28.9 Å². The van der Waals surface area contributed by atoms with Crippen molar-refractivity contribution in [3.63, 3.8) is 0 Å². The summed E-state index contributed by atoms with van der Waals surface area (Å²) in [5.41, 5.74) is 5.78. The number of hydrogen-bond donors (Lipinski definition) is 2. The number of pyridine rings is 1. The van der Waals surface area contributed by atoms with Crippen LogP contribution in [0.25, 0.3) is 0 Å². The fourth-order valence-electron chi connectivity index (χ4n) is 1.02. The van der Waals surface area contributed by atoms with Gasteiger partial charge in [-0.05, 0) is 18.6 Å². The average Bonchev–Trinajstić information content (AvgIpc) is 2.16. The fourth-order valence-corrected chi connectivity index (χ4v) is 1.26. The Bertz CT molecular complexity index is 420. The van der Waals surface area contributed by atoms with Gasteiger partial charge in [0.15, 0.2) is 5.78 Å². The average molecular weight is 229 g/mol. The molecule has 0 amide bonds. The molecule has 0 aliphatic carbocycles. The topological polar surface area (TPSA) is 93.3 Å². The molecule has 0 unspecified atom stereocenters. The van der Waals surface area contributed by atoms with Gasteiger partial charge in [0.05, 0.1) is 5.56 Å². The lowest BCUT2D eigenvalue weighted by Gasteiger charge is -2.07. The van der Waals surface area contributed by atoms with Crippen molar-refractivity contribution in [2.75, 3.05) is 0 Å². The molecule has 0 spiro atoms. The molecule has 1 aromatic heterocycles. The molecule has 0 saturated heterocycles. The van der Waals surface area contributed by atoms with E-state index in [1.165, 1.54) is 19.2 Å². The molecule has 80 valence electrons. The molecule has 0 bridgehead atoms. The van der Waals surface area contributed by atoms with Gasteiger partial charge in [0.2, 0.25) is 0 Å². The summed E-state index contributed by atoms with van der Waals surface area (Å²) in [6.45, 7) is 1.32. The standard InChI is InChI=1S/C9H9ClN2O3/c1-4(13)6-2-5(3-12-8(6)10)7(11)9(14)15/h2-3,7H,11H2,1H3,(H,14,15)/t7-/m1/s1. The highest BCUT2D eigenvalue weighted by Gasteiger charge is 2.17. The Morgan fingerprint density at radius 1 is 1.60 bits per heavy atom. The summed E-state index contributed by atoms with van der Waals surface area (Å²) in [6, 6.07) is 0.143. The van der Waals surface area contributed by atoms with Gasteiger partial charge in [-0.1, -0.05) is 11.6 Å². The zero-order chi connectivity index (χ0) is 11.6. The number of carboxylic acids is 1. The van der Waals surface area contributed by atoms with E-state index in [1.807, 2.05) is 0 Å². The summed E-state index contributed by atoms with van der Waals surface area (Å²) in [7, 11) is 0. The van der Waals surface area contributed by atoms with Crippen LogP contribution in [0.15, 0.2) is 12.3 Å². The van der Waals surface area contributed by atoms with Crippen LogP contribution >= 0.6 is 11.6 Å². The Morgan fingerprint density at radius 2 is 2.20 bits per heavy atom. The van der Waals surface area contributed by atoms with E-state index >= 15 is 0 Å². The maximum Gasteiger partial charge on any atom is 0.325 e. The van der Waals surface area contributed by atoms with Crippen molar-refractivity contribution in [2.24, 2.45) is 5.73 Å². The van der Waals surface area contributed by atoms with Gasteiger partial charge >= 0.3 is 5.97 Å². The first-order valence-corrected chi connectivity index (χ1v) is 4.46. The summed E-state index contributed by atoms with van der Waals surface area (Å²) in [6.07, 6.45) is 1.24. The van der Waals surface area contributed by atoms with E-state index in [2.05, 4.69) is 4.98 Å². The first-order chi connectivity index (χ1) is 6.93. The van der Waals surface area contributed by atoms with E-state index in [0.717, 1.165) is 0 Å². The highest BCUT2D eigenvalue weighted by Crippen LogP contribution is 2.18. The van der Waals surface area contributed by atoms with Gasteiger partial charge in [0.25, 0.3) is 0 Å². The van der Waals surface area contributed by atoms with E-state index < -0.39 is 12.0 Å². The molecule has 1 rings (SSSR count). The summed E-state index contributed by atoms with van der Waals surface area (Å²) < 4.78 is 0. The molecule has 0 saturated carbocycles. The Morgan fingerprint density at radius 3 is 2.67 bits per heavy atom. The number of nitrogens with zero attached hydrogens (tertiary/aromatic N) is 1. The zero-order valence-electron chi connectivity index (χ0n) is 7.90. The van der Waals surface area contributed by atoms with Gasteiger partial charge < -0.3 is 10.8 Å². The lowest BCUT2D eigenvalue weighted by Crippen LogP contribution is -2.21. The molecule has 0 fully saturated rings. The smallest absolute Gasteiger partial charge is 0.325 e. The molecule has 0 aliphatic rings. The largest absolute Gasteiger partial charge is 0.480 e. The SMILES string of the molecule is CC(=O)c1cc([C@@H](N)C(=O)O)cnc1Cl. The maximum atomic E-state index is 11.1. The third-order valence-electron chi connectivity index (χ3n) is 1.86. The molecular formula is C9H9ClN2O3. The van der Waals surface area contributed by atoms with Gasteiger partial charge in [-0.3, -0.25) is 9.59 Å². The van der Waals surface area contributed by atoms with Crippen molar-refractivity contribution in [3.8, 4) is 0 Å². The number of carboxylic acid groups (broad SMARTS) is 1. The lowest BCUT2D eigenvalue weighted by molar-refractivity contribution is -0.138. The number of halogens is 1. The minimum Gasteiger partial charge on any atom is -0.480 e. The molecule has 3 N–H and O–H groups in total. The molecule has 1 atom stereocenters. The maximum absolute atomic E-state index is 11.1. The van der Waals surface area contributed by atoms with Gasteiger partial charge in [0.1, 0.15) is 11.2 Å². The number of Topliss-reactive ketones (excluding diaryl/α,β-unsaturated/α-hetero) is 1. The van der Waals surface area contributed by atoms with E-state index in [0.29, 0.717) is 0 Å². The summed E-state index contributed by atoms with van der Waals surface area (Å²) in [5, 5.41) is 8.71. The second-order valence-corrected chi connectivity index (χ2v) is 3.34. The van der Waals surface area contributed by atoms with Crippen LogP contribution in [0, 0.1) is 0 Å². The Hall–Kier alpha value is -1.46. The summed E-state index contributed by atoms with van der Waals surface area (Å²) >= 11 is 5.66. The zero-order valence-corrected chi connectivity index (χ0v) is 8.65. The monoisotopic (exact) mass is 228 g/mol. The Balaban J connectivity index is 3.18. The summed E-state index contributed by atoms with van der Waals surface area (Å²) in [4.78, 5) is 25.4. The number of nitrogens with two attached hydrogens (primary N) is 1. The first-order valence-electron chi connectivity index (χ1n) is 4.08. The Labute approximate surface area is 90.9 Å². The van der Waals surface area contributed by atoms with E-state index in [9.17, 15) is 9.59 Å². The molecule has 5 nitrogen and oxygen atoms in total. The lowest BCUT2D eigenvalue weighted by atomic mass is 10.1. The predicted octanol–water partition coefficient (Wildman–Crippen LogP) is 1.02. The number of rotatable bonds is 3. The van der Waals surface area contributed by atoms with Gasteiger partial charge in [-0.25, -0.2) is 4.98 Å². The third-order valence-corrected chi connectivity index (χ3v) is 2.17. The van der Waals surface area contributed by atoms with Crippen LogP contribution < -0.4 is 5.73 Å². The van der Waals surface area contributed by atoms with Crippen LogP contribution in [0.2, 0.25) is 5.15 Å². The van der Waals surface area contributed by atoms with Crippen molar-refractivity contribution >= 4 is 23.4 Å². The minimum absolute atomic E-state index is 0.0452. The third kappa shape index (κ3) is 2.51. The normalized spacial score (nSPS) is 12.2. The number of hydrogen-bond acceptors (Lipinski definition) is 4. The molecule has 0 radical (unpaired) electrons. The van der Waals surface area contributed by atoms with Crippen LogP contribution in [-0.2, 0) is 4.79 Å². The highest BCUT2D eigenvalue weighted by molar-refractivity contribution is 6.32. The minimum atomic E-state index is -1.20. The first kappa shape index (κ1) is 11.6. The molecule has 0 aliphatic heterocycles. The molecule has 6 heteroatoms. The Kier molecular flexibility index (Phi) is 3.39. The second kappa shape index (κ2) is 4.37. The quantitative estimate of drug-likeness (QED) is 0.595. The predicted molar refractivity (Wildman–Crippen MR) is 53.8 cm³/mol. The number of aliphatic carboxylic acids is 1.